The van der Waals surface area contributed by atoms with Gasteiger partial charge in [0.05, 0.1) is 29.4 Å². The van der Waals surface area contributed by atoms with Gasteiger partial charge in [-0.2, -0.15) is 5.26 Å². The smallest absolute Gasteiger partial charge is 0.331 e. The second-order valence-electron chi connectivity index (χ2n) is 7.53. The van der Waals surface area contributed by atoms with Crippen LogP contribution in [0.15, 0.2) is 59.4 Å². The summed E-state index contributed by atoms with van der Waals surface area (Å²) in [4.78, 5) is 15.3. The SMILES string of the molecule is C=c1cc(OC)c(OCc2ccccc2)c/c1=c1/c(=C\N)[nH]c(=O)n1-c1c(F)cc(C#N)cc1F. The van der Waals surface area contributed by atoms with Crippen LogP contribution in [0.1, 0.15) is 11.1 Å². The summed E-state index contributed by atoms with van der Waals surface area (Å²) in [7, 11) is 1.47. The molecule has 0 unspecified atom stereocenters. The fourth-order valence-electron chi connectivity index (χ4n) is 3.73. The number of nitrogens with zero attached hydrogens (tertiary/aromatic N) is 2. The molecule has 0 spiro atoms. The van der Waals surface area contributed by atoms with Crippen molar-refractivity contribution in [2.45, 2.75) is 6.61 Å². The summed E-state index contributed by atoms with van der Waals surface area (Å²) >= 11 is 0. The number of halogens is 2. The maximum atomic E-state index is 14.9. The normalized spacial score (nSPS) is 12.3. The molecule has 3 N–H and O–H groups in total. The summed E-state index contributed by atoms with van der Waals surface area (Å²) in [6.45, 7) is 4.23. The molecular weight excluding hydrogens is 454 g/mol. The predicted molar refractivity (Wildman–Crippen MR) is 126 cm³/mol. The van der Waals surface area contributed by atoms with Gasteiger partial charge >= 0.3 is 5.69 Å². The predicted octanol–water partition coefficient (Wildman–Crippen LogP) is 2.30. The topological polar surface area (TPSA) is 106 Å². The molecule has 176 valence electrons. The zero-order valence-electron chi connectivity index (χ0n) is 18.6. The van der Waals surface area contributed by atoms with E-state index in [0.717, 1.165) is 28.5 Å². The molecular formula is C26H20F2N4O3. The molecule has 4 rings (SSSR count). The van der Waals surface area contributed by atoms with Crippen LogP contribution in [0.25, 0.3) is 18.5 Å². The molecule has 35 heavy (non-hydrogen) atoms. The van der Waals surface area contributed by atoms with Crippen molar-refractivity contribution in [3.63, 3.8) is 0 Å². The highest BCUT2D eigenvalue weighted by molar-refractivity contribution is 5.45. The van der Waals surface area contributed by atoms with Crippen molar-refractivity contribution < 1.29 is 18.3 Å². The van der Waals surface area contributed by atoms with Gasteiger partial charge in [0.25, 0.3) is 0 Å². The molecule has 0 saturated heterocycles. The Kier molecular flexibility index (Phi) is 6.38. The molecule has 0 radical (unpaired) electrons. The van der Waals surface area contributed by atoms with Gasteiger partial charge in [0.2, 0.25) is 0 Å². The van der Waals surface area contributed by atoms with Gasteiger partial charge < -0.3 is 20.2 Å². The highest BCUT2D eigenvalue weighted by Crippen LogP contribution is 2.26. The Hall–Kier alpha value is -4.84. The molecule has 1 heterocycles. The van der Waals surface area contributed by atoms with Crippen molar-refractivity contribution in [2.24, 2.45) is 5.73 Å². The van der Waals surface area contributed by atoms with E-state index >= 15 is 0 Å². The maximum absolute atomic E-state index is 14.9. The highest BCUT2D eigenvalue weighted by atomic mass is 19.1. The summed E-state index contributed by atoms with van der Waals surface area (Å²) in [5, 5.41) is 9.91. The summed E-state index contributed by atoms with van der Waals surface area (Å²) in [5.41, 5.74) is 4.93. The average Bonchev–Trinajstić information content (AvgIpc) is 3.18. The Morgan fingerprint density at radius 2 is 1.83 bits per heavy atom. The number of rotatable bonds is 5. The number of ether oxygens (including phenoxy) is 2. The standard InChI is InChI=1S/C26H20F2N4O3/c1-15-8-22(34-2)23(35-14-16-6-4-3-5-7-16)11-18(15)24-21(13-30)31-26(33)32(24)25-19(27)9-17(12-29)10-20(25)28/h3-11,13H,1,14,30H2,2H3,(H,31,33)/b21-13+,24-18+. The lowest BCUT2D eigenvalue weighted by Gasteiger charge is -2.12. The molecule has 0 saturated carbocycles. The fraction of sp³-hybridized carbons (Fsp3) is 0.0769. The Balaban J connectivity index is 2.07. The van der Waals surface area contributed by atoms with E-state index in [-0.39, 0.29) is 22.9 Å². The van der Waals surface area contributed by atoms with E-state index in [1.54, 1.807) is 18.2 Å². The molecule has 0 aliphatic heterocycles. The van der Waals surface area contributed by atoms with Crippen molar-refractivity contribution in [3.8, 4) is 23.3 Å². The number of H-pyrrole nitrogens is 1. The number of benzene rings is 3. The summed E-state index contributed by atoms with van der Waals surface area (Å²) in [6.07, 6.45) is 1.11. The molecule has 0 atom stereocenters. The minimum Gasteiger partial charge on any atom is -0.493 e. The fourth-order valence-corrected chi connectivity index (χ4v) is 3.73. The van der Waals surface area contributed by atoms with Gasteiger partial charge in [-0.3, -0.25) is 4.57 Å². The molecule has 9 heteroatoms. The Morgan fingerprint density at radius 1 is 1.14 bits per heavy atom. The van der Waals surface area contributed by atoms with Gasteiger partial charge in [-0.05, 0) is 35.0 Å². The van der Waals surface area contributed by atoms with Crippen LogP contribution in [0.2, 0.25) is 0 Å². The van der Waals surface area contributed by atoms with E-state index in [0.29, 0.717) is 21.9 Å². The molecule has 0 aliphatic carbocycles. The first kappa shape index (κ1) is 23.3. The van der Waals surface area contributed by atoms with E-state index in [1.807, 2.05) is 30.3 Å². The average molecular weight is 474 g/mol. The van der Waals surface area contributed by atoms with Crippen molar-refractivity contribution in [1.29, 1.82) is 5.26 Å². The van der Waals surface area contributed by atoms with Gasteiger partial charge in [-0.1, -0.05) is 36.9 Å². The Morgan fingerprint density at radius 3 is 2.43 bits per heavy atom. The first-order valence-electron chi connectivity index (χ1n) is 10.4. The monoisotopic (exact) mass is 474 g/mol. The zero-order valence-corrected chi connectivity index (χ0v) is 18.6. The number of aromatic nitrogens is 2. The molecule has 0 amide bonds. The van der Waals surface area contributed by atoms with Gasteiger partial charge in [-0.25, -0.2) is 13.6 Å². The van der Waals surface area contributed by atoms with Crippen LogP contribution in [0.3, 0.4) is 0 Å². The summed E-state index contributed by atoms with van der Waals surface area (Å²) in [5.74, 6) is -1.48. The number of nitrogens with two attached hydrogens (primary N) is 1. The first-order valence-corrected chi connectivity index (χ1v) is 10.4. The molecule has 1 aromatic heterocycles. The number of methoxy groups -OCH3 is 1. The number of nitrogens with one attached hydrogen (secondary N) is 1. The van der Waals surface area contributed by atoms with Crippen molar-refractivity contribution in [3.05, 3.63) is 109 Å². The van der Waals surface area contributed by atoms with Crippen LogP contribution >= 0.6 is 0 Å². The third kappa shape index (κ3) is 4.37. The van der Waals surface area contributed by atoms with Gasteiger partial charge in [0.1, 0.15) is 12.3 Å². The lowest BCUT2D eigenvalue weighted by Crippen LogP contribution is -2.19. The summed E-state index contributed by atoms with van der Waals surface area (Å²) < 4.78 is 42.0. The van der Waals surface area contributed by atoms with Crippen molar-refractivity contribution in [1.82, 2.24) is 9.55 Å². The number of hydrogen-bond acceptors (Lipinski definition) is 5. The number of imidazole rings is 1. The zero-order chi connectivity index (χ0) is 25.1. The minimum atomic E-state index is -1.09. The van der Waals surface area contributed by atoms with Crippen LogP contribution < -0.4 is 31.5 Å². The number of aromatic amines is 1. The third-order valence-electron chi connectivity index (χ3n) is 5.34. The Labute approximate surface area is 197 Å². The molecule has 7 nitrogen and oxygen atoms in total. The number of nitriles is 1. The van der Waals surface area contributed by atoms with Crippen LogP contribution in [-0.2, 0) is 6.61 Å². The van der Waals surface area contributed by atoms with Crippen LogP contribution in [0.4, 0.5) is 8.78 Å². The van der Waals surface area contributed by atoms with Crippen molar-refractivity contribution >= 4 is 12.8 Å². The van der Waals surface area contributed by atoms with Crippen molar-refractivity contribution in [2.75, 3.05) is 7.11 Å². The minimum absolute atomic E-state index is 0.0669. The second kappa shape index (κ2) is 9.57. The van der Waals surface area contributed by atoms with E-state index in [1.165, 1.54) is 7.11 Å². The molecule has 0 bridgehead atoms. The molecule has 0 fully saturated rings. The highest BCUT2D eigenvalue weighted by Gasteiger charge is 2.18. The van der Waals surface area contributed by atoms with E-state index in [9.17, 15) is 13.6 Å². The molecule has 3 aromatic carbocycles. The van der Waals surface area contributed by atoms with Crippen LogP contribution in [0.5, 0.6) is 11.5 Å². The van der Waals surface area contributed by atoms with E-state index < -0.39 is 23.0 Å². The second-order valence-corrected chi connectivity index (χ2v) is 7.53. The molecule has 0 aliphatic rings. The van der Waals surface area contributed by atoms with Gasteiger partial charge in [-0.15, -0.1) is 0 Å². The van der Waals surface area contributed by atoms with E-state index in [2.05, 4.69) is 11.6 Å². The lowest BCUT2D eigenvalue weighted by atomic mass is 10.2. The molecule has 4 aromatic rings. The number of hydrogen-bond donors (Lipinski definition) is 2. The Bertz CT molecular complexity index is 1700. The first-order chi connectivity index (χ1) is 16.9. The maximum Gasteiger partial charge on any atom is 0.331 e. The largest absolute Gasteiger partial charge is 0.493 e. The van der Waals surface area contributed by atoms with E-state index in [4.69, 9.17) is 20.5 Å². The van der Waals surface area contributed by atoms with Gasteiger partial charge in [0.15, 0.2) is 23.1 Å². The van der Waals surface area contributed by atoms with Gasteiger partial charge in [0, 0.05) is 11.4 Å². The van der Waals surface area contributed by atoms with Crippen LogP contribution in [-0.4, -0.2) is 16.7 Å². The lowest BCUT2D eigenvalue weighted by molar-refractivity contribution is 0.284. The third-order valence-corrected chi connectivity index (χ3v) is 5.34. The summed E-state index contributed by atoms with van der Waals surface area (Å²) in [6, 6.07) is 16.0. The van der Waals surface area contributed by atoms with Crippen LogP contribution in [0, 0.1) is 33.5 Å². The quantitative estimate of drug-likeness (QED) is 0.462.